The van der Waals surface area contributed by atoms with Crippen molar-refractivity contribution >= 4 is 5.69 Å². The molecule has 126 valence electrons. The van der Waals surface area contributed by atoms with Crippen LogP contribution in [0.4, 0.5) is 18.9 Å². The molecule has 0 radical (unpaired) electrons. The normalized spacial score (nSPS) is 22.8. The standard InChI is InChI=1S/C16H12F3NO4/c1-9-6-7-13-11(8-9)15(21,16(17,18)19)14(24-13)10-4-2-3-5-12(10)20(22)23/h2-8,14,21H,1H3. The Balaban J connectivity index is 2.25. The Labute approximate surface area is 134 Å². The summed E-state index contributed by atoms with van der Waals surface area (Å²) in [4.78, 5) is 10.4. The number of fused-ring (bicyclic) bond motifs is 1. The van der Waals surface area contributed by atoms with Gasteiger partial charge in [0, 0.05) is 11.6 Å². The third kappa shape index (κ3) is 2.22. The molecule has 0 bridgehead atoms. The third-order valence-corrected chi connectivity index (χ3v) is 4.02. The van der Waals surface area contributed by atoms with E-state index in [1.54, 1.807) is 6.92 Å². The van der Waals surface area contributed by atoms with Crippen LogP contribution in [0, 0.1) is 17.0 Å². The van der Waals surface area contributed by atoms with Crippen LogP contribution < -0.4 is 4.74 Å². The van der Waals surface area contributed by atoms with Crippen LogP contribution in [0.2, 0.25) is 0 Å². The number of aryl methyl sites for hydroxylation is 1. The zero-order valence-electron chi connectivity index (χ0n) is 12.4. The van der Waals surface area contributed by atoms with Gasteiger partial charge in [0.1, 0.15) is 5.75 Å². The number of halogens is 3. The minimum absolute atomic E-state index is 0.149. The Kier molecular flexibility index (Phi) is 3.52. The van der Waals surface area contributed by atoms with E-state index in [1.807, 2.05) is 0 Å². The van der Waals surface area contributed by atoms with Gasteiger partial charge in [-0.2, -0.15) is 13.2 Å². The molecule has 24 heavy (non-hydrogen) atoms. The molecular weight excluding hydrogens is 327 g/mol. The van der Waals surface area contributed by atoms with Gasteiger partial charge < -0.3 is 9.84 Å². The van der Waals surface area contributed by atoms with Crippen molar-refractivity contribution in [1.29, 1.82) is 0 Å². The van der Waals surface area contributed by atoms with Gasteiger partial charge in [0.25, 0.3) is 5.69 Å². The summed E-state index contributed by atoms with van der Waals surface area (Å²) < 4.78 is 46.5. The molecule has 0 aliphatic carbocycles. The molecule has 0 amide bonds. The number of hydrogen-bond donors (Lipinski definition) is 1. The summed E-state index contributed by atoms with van der Waals surface area (Å²) in [6.45, 7) is 1.58. The molecule has 2 aromatic carbocycles. The van der Waals surface area contributed by atoms with Crippen LogP contribution in [0.5, 0.6) is 5.75 Å². The summed E-state index contributed by atoms with van der Waals surface area (Å²) in [5.74, 6) is -0.149. The Morgan fingerprint density at radius 1 is 1.25 bits per heavy atom. The Hall–Kier alpha value is -2.61. The topological polar surface area (TPSA) is 72.6 Å². The Morgan fingerprint density at radius 2 is 1.92 bits per heavy atom. The molecule has 0 aromatic heterocycles. The van der Waals surface area contributed by atoms with Crippen LogP contribution >= 0.6 is 0 Å². The van der Waals surface area contributed by atoms with Crippen LogP contribution in [0.25, 0.3) is 0 Å². The summed E-state index contributed by atoms with van der Waals surface area (Å²) in [7, 11) is 0. The fraction of sp³-hybridized carbons (Fsp3) is 0.250. The van der Waals surface area contributed by atoms with E-state index in [0.717, 1.165) is 12.1 Å². The summed E-state index contributed by atoms with van der Waals surface area (Å²) in [5, 5.41) is 21.7. The van der Waals surface area contributed by atoms with Crippen molar-refractivity contribution in [1.82, 2.24) is 0 Å². The monoisotopic (exact) mass is 339 g/mol. The predicted molar refractivity (Wildman–Crippen MR) is 77.6 cm³/mol. The molecule has 1 N–H and O–H groups in total. The number of alkyl halides is 3. The highest BCUT2D eigenvalue weighted by Crippen LogP contribution is 2.57. The van der Waals surface area contributed by atoms with Crippen molar-refractivity contribution in [3.8, 4) is 5.75 Å². The van der Waals surface area contributed by atoms with E-state index >= 15 is 0 Å². The molecule has 2 unspecified atom stereocenters. The number of aliphatic hydroxyl groups is 1. The summed E-state index contributed by atoms with van der Waals surface area (Å²) >= 11 is 0. The maximum Gasteiger partial charge on any atom is 0.425 e. The highest BCUT2D eigenvalue weighted by Gasteiger charge is 2.66. The molecule has 2 atom stereocenters. The van der Waals surface area contributed by atoms with E-state index in [-0.39, 0.29) is 11.3 Å². The second kappa shape index (κ2) is 5.20. The van der Waals surface area contributed by atoms with Gasteiger partial charge >= 0.3 is 6.18 Å². The lowest BCUT2D eigenvalue weighted by Gasteiger charge is -2.31. The largest absolute Gasteiger partial charge is 0.481 e. The number of nitro benzene ring substituents is 1. The summed E-state index contributed by atoms with van der Waals surface area (Å²) in [6.07, 6.45) is -7.05. The van der Waals surface area contributed by atoms with Crippen molar-refractivity contribution in [2.75, 3.05) is 0 Å². The minimum atomic E-state index is -5.08. The van der Waals surface area contributed by atoms with Gasteiger partial charge in [-0.15, -0.1) is 0 Å². The summed E-state index contributed by atoms with van der Waals surface area (Å²) in [5.41, 5.74) is -4.20. The number of hydrogen-bond acceptors (Lipinski definition) is 4. The maximum atomic E-state index is 13.7. The van der Waals surface area contributed by atoms with Gasteiger partial charge in [0.05, 0.1) is 10.5 Å². The molecular formula is C16H12F3NO4. The smallest absolute Gasteiger partial charge is 0.425 e. The van der Waals surface area contributed by atoms with Crippen LogP contribution in [0.15, 0.2) is 42.5 Å². The molecule has 1 heterocycles. The lowest BCUT2D eigenvalue weighted by molar-refractivity contribution is -0.387. The number of para-hydroxylation sites is 1. The molecule has 8 heteroatoms. The van der Waals surface area contributed by atoms with Crippen molar-refractivity contribution in [2.24, 2.45) is 0 Å². The van der Waals surface area contributed by atoms with Gasteiger partial charge in [-0.1, -0.05) is 23.8 Å². The average molecular weight is 339 g/mol. The average Bonchev–Trinajstić information content (AvgIpc) is 2.81. The number of nitro groups is 1. The molecule has 2 aromatic rings. The highest BCUT2D eigenvalue weighted by atomic mass is 19.4. The van der Waals surface area contributed by atoms with Crippen LogP contribution in [-0.2, 0) is 5.60 Å². The van der Waals surface area contributed by atoms with Crippen LogP contribution in [0.3, 0.4) is 0 Å². The van der Waals surface area contributed by atoms with Crippen molar-refractivity contribution in [3.05, 3.63) is 69.3 Å². The van der Waals surface area contributed by atoms with Gasteiger partial charge in [-0.05, 0) is 25.1 Å². The molecule has 5 nitrogen and oxygen atoms in total. The molecule has 3 rings (SSSR count). The molecule has 0 saturated heterocycles. The van der Waals surface area contributed by atoms with Gasteiger partial charge in [-0.3, -0.25) is 10.1 Å². The number of nitrogens with zero attached hydrogens (tertiary/aromatic N) is 1. The number of rotatable bonds is 2. The molecule has 1 aliphatic heterocycles. The van der Waals surface area contributed by atoms with Crippen LogP contribution in [0.1, 0.15) is 22.8 Å². The Bertz CT molecular complexity index is 821. The van der Waals surface area contributed by atoms with Crippen molar-refractivity contribution in [2.45, 2.75) is 24.8 Å². The van der Waals surface area contributed by atoms with E-state index in [0.29, 0.717) is 5.56 Å². The Morgan fingerprint density at radius 3 is 2.54 bits per heavy atom. The van der Waals surface area contributed by atoms with Gasteiger partial charge in [0.2, 0.25) is 5.60 Å². The quantitative estimate of drug-likeness (QED) is 0.667. The van der Waals surface area contributed by atoms with E-state index in [2.05, 4.69) is 0 Å². The maximum absolute atomic E-state index is 13.7. The van der Waals surface area contributed by atoms with E-state index in [4.69, 9.17) is 4.74 Å². The van der Waals surface area contributed by atoms with Crippen molar-refractivity contribution < 1.29 is 27.9 Å². The minimum Gasteiger partial charge on any atom is -0.481 e. The zero-order valence-corrected chi connectivity index (χ0v) is 12.4. The van der Waals surface area contributed by atoms with E-state index in [9.17, 15) is 28.4 Å². The second-order valence-corrected chi connectivity index (χ2v) is 5.58. The summed E-state index contributed by atoms with van der Waals surface area (Å²) in [6, 6.07) is 8.95. The lowest BCUT2D eigenvalue weighted by atomic mass is 9.84. The highest BCUT2D eigenvalue weighted by molar-refractivity contribution is 5.52. The lowest BCUT2D eigenvalue weighted by Crippen LogP contribution is -2.46. The molecule has 1 aliphatic rings. The SMILES string of the molecule is Cc1ccc2c(c1)C(O)(C(F)(F)F)C(c1ccccc1[N+](=O)[O-])O2. The first-order chi connectivity index (χ1) is 11.2. The first-order valence-corrected chi connectivity index (χ1v) is 6.96. The van der Waals surface area contributed by atoms with E-state index < -0.39 is 34.1 Å². The van der Waals surface area contributed by atoms with Crippen molar-refractivity contribution in [3.63, 3.8) is 0 Å². The second-order valence-electron chi connectivity index (χ2n) is 5.58. The predicted octanol–water partition coefficient (Wildman–Crippen LogP) is 3.79. The first kappa shape index (κ1) is 16.3. The molecule has 0 fully saturated rings. The van der Waals surface area contributed by atoms with Gasteiger partial charge in [0.15, 0.2) is 6.10 Å². The molecule has 0 saturated carbocycles. The fourth-order valence-corrected chi connectivity index (χ4v) is 2.86. The molecule has 0 spiro atoms. The van der Waals surface area contributed by atoms with Crippen LogP contribution in [-0.4, -0.2) is 16.2 Å². The van der Waals surface area contributed by atoms with Gasteiger partial charge in [-0.25, -0.2) is 0 Å². The first-order valence-electron chi connectivity index (χ1n) is 6.96. The number of ether oxygens (including phenoxy) is 1. The fourth-order valence-electron chi connectivity index (χ4n) is 2.86. The number of benzene rings is 2. The van der Waals surface area contributed by atoms with E-state index in [1.165, 1.54) is 30.3 Å². The zero-order chi connectivity index (χ0) is 17.7. The third-order valence-electron chi connectivity index (χ3n) is 4.02.